The molecule has 19 heavy (non-hydrogen) atoms. The molecule has 1 spiro atoms. The Balaban J connectivity index is 2.46. The molecule has 6 heteroatoms. The minimum absolute atomic E-state index is 0.0534. The van der Waals surface area contributed by atoms with Crippen molar-refractivity contribution < 1.29 is 23.9 Å². The highest BCUT2D eigenvalue weighted by molar-refractivity contribution is 5.98. The normalized spacial score (nSPS) is 28.5. The number of esters is 2. The topological polar surface area (TPSA) is 81.7 Å². The van der Waals surface area contributed by atoms with Crippen LogP contribution in [-0.4, -0.2) is 34.6 Å². The molecule has 0 aromatic heterocycles. The average Bonchev–Trinajstić information content (AvgIpc) is 2.33. The summed E-state index contributed by atoms with van der Waals surface area (Å²) in [5.41, 5.74) is -1.44. The van der Waals surface area contributed by atoms with Crippen LogP contribution in [0, 0.1) is 0 Å². The summed E-state index contributed by atoms with van der Waals surface area (Å²) < 4.78 is 10.4. The maximum atomic E-state index is 12.5. The Hall–Kier alpha value is -1.43. The molecule has 0 aromatic rings. The molecule has 2 fully saturated rings. The van der Waals surface area contributed by atoms with Crippen LogP contribution >= 0.6 is 0 Å². The molecular weight excluding hydrogens is 250 g/mol. The fourth-order valence-electron chi connectivity index (χ4n) is 2.94. The lowest BCUT2D eigenvalue weighted by Gasteiger charge is -2.48. The molecular formula is C13H19NO5. The Bertz CT molecular complexity index is 434. The quantitative estimate of drug-likeness (QED) is 0.651. The summed E-state index contributed by atoms with van der Waals surface area (Å²) in [6, 6.07) is 0. The first-order valence-electron chi connectivity index (χ1n) is 6.34. The Morgan fingerprint density at radius 3 is 1.89 bits per heavy atom. The molecule has 0 saturated carbocycles. The van der Waals surface area contributed by atoms with Gasteiger partial charge in [-0.15, -0.1) is 0 Å². The van der Waals surface area contributed by atoms with Crippen molar-refractivity contribution in [3.05, 3.63) is 0 Å². The molecule has 2 aliphatic heterocycles. The van der Waals surface area contributed by atoms with Gasteiger partial charge in [-0.05, 0) is 27.7 Å². The van der Waals surface area contributed by atoms with Crippen LogP contribution in [0.25, 0.3) is 0 Å². The van der Waals surface area contributed by atoms with E-state index in [1.807, 2.05) is 13.8 Å². The fraction of sp³-hybridized carbons (Fsp3) is 0.769. The largest absolute Gasteiger partial charge is 0.415 e. The van der Waals surface area contributed by atoms with E-state index in [1.54, 1.807) is 13.8 Å². The van der Waals surface area contributed by atoms with E-state index in [-0.39, 0.29) is 19.3 Å². The van der Waals surface area contributed by atoms with Gasteiger partial charge in [0.15, 0.2) is 0 Å². The Kier molecular flexibility index (Phi) is 2.97. The van der Waals surface area contributed by atoms with E-state index in [0.717, 1.165) is 0 Å². The van der Waals surface area contributed by atoms with Crippen molar-refractivity contribution in [2.75, 3.05) is 0 Å². The van der Waals surface area contributed by atoms with Gasteiger partial charge in [-0.1, -0.05) is 0 Å². The monoisotopic (exact) mass is 269 g/mol. The van der Waals surface area contributed by atoms with Crippen LogP contribution in [0.3, 0.4) is 0 Å². The Morgan fingerprint density at radius 1 is 0.947 bits per heavy atom. The van der Waals surface area contributed by atoms with Crippen molar-refractivity contribution in [2.45, 2.75) is 63.8 Å². The molecule has 2 heterocycles. The van der Waals surface area contributed by atoms with Crippen molar-refractivity contribution in [1.29, 1.82) is 0 Å². The maximum Gasteiger partial charge on any atom is 0.319 e. The number of hydrogen-bond donors (Lipinski definition) is 1. The number of nitrogens with one attached hydrogen (secondary N) is 1. The van der Waals surface area contributed by atoms with Crippen LogP contribution in [-0.2, 0) is 23.9 Å². The second kappa shape index (κ2) is 4.03. The van der Waals surface area contributed by atoms with Gasteiger partial charge < -0.3 is 9.47 Å². The molecule has 0 aromatic carbocycles. The minimum atomic E-state index is -1.79. The van der Waals surface area contributed by atoms with Gasteiger partial charge >= 0.3 is 17.7 Å². The number of ether oxygens (including phenoxy) is 2. The van der Waals surface area contributed by atoms with Crippen molar-refractivity contribution in [3.63, 3.8) is 0 Å². The molecule has 0 atom stereocenters. The second-order valence-electron chi connectivity index (χ2n) is 6.34. The van der Waals surface area contributed by atoms with Gasteiger partial charge in [0.2, 0.25) is 5.78 Å². The number of carbonyl (C=O) groups excluding carboxylic acids is 3. The Labute approximate surface area is 111 Å². The summed E-state index contributed by atoms with van der Waals surface area (Å²) in [4.78, 5) is 35.8. The van der Waals surface area contributed by atoms with E-state index in [4.69, 9.17) is 9.47 Å². The number of Topliss-reactive ketones (excluding diaryl/α,β-unsaturated/α-hetero) is 1. The molecule has 0 radical (unpaired) electrons. The third kappa shape index (κ3) is 2.49. The summed E-state index contributed by atoms with van der Waals surface area (Å²) in [5, 5.41) is 3.17. The lowest BCUT2D eigenvalue weighted by atomic mass is 9.77. The van der Waals surface area contributed by atoms with Crippen LogP contribution < -0.4 is 5.32 Å². The Morgan fingerprint density at radius 2 is 1.42 bits per heavy atom. The van der Waals surface area contributed by atoms with Crippen LogP contribution in [0.5, 0.6) is 0 Å². The molecule has 0 amide bonds. The van der Waals surface area contributed by atoms with E-state index in [9.17, 15) is 14.4 Å². The molecule has 2 rings (SSSR count). The third-order valence-electron chi connectivity index (χ3n) is 3.33. The third-order valence-corrected chi connectivity index (χ3v) is 3.33. The van der Waals surface area contributed by atoms with E-state index < -0.39 is 34.6 Å². The lowest BCUT2D eigenvalue weighted by molar-refractivity contribution is -0.235. The molecule has 0 unspecified atom stereocenters. The first-order valence-corrected chi connectivity index (χ1v) is 6.34. The highest BCUT2D eigenvalue weighted by Crippen LogP contribution is 2.38. The first-order chi connectivity index (χ1) is 8.56. The standard InChI is InChI=1S/C13H19NO5/c1-11(2)7-13(10(17)12(3,4)14-11)18-8(15)5-6-9(16)19-13/h14H,5-7H2,1-4H3. The van der Waals surface area contributed by atoms with Crippen molar-refractivity contribution >= 4 is 17.7 Å². The molecule has 0 aliphatic carbocycles. The van der Waals surface area contributed by atoms with Crippen LogP contribution in [0.4, 0.5) is 0 Å². The van der Waals surface area contributed by atoms with E-state index in [1.165, 1.54) is 0 Å². The van der Waals surface area contributed by atoms with Crippen molar-refractivity contribution in [3.8, 4) is 0 Å². The van der Waals surface area contributed by atoms with Gasteiger partial charge in [-0.3, -0.25) is 19.7 Å². The zero-order valence-electron chi connectivity index (χ0n) is 11.7. The maximum absolute atomic E-state index is 12.5. The average molecular weight is 269 g/mol. The smallest absolute Gasteiger partial charge is 0.319 e. The molecule has 106 valence electrons. The zero-order valence-corrected chi connectivity index (χ0v) is 11.7. The summed E-state index contributed by atoms with van der Waals surface area (Å²) >= 11 is 0. The SMILES string of the molecule is CC1(C)CC2(OC(=O)CCC(=O)O2)C(=O)C(C)(C)N1. The van der Waals surface area contributed by atoms with Crippen molar-refractivity contribution in [1.82, 2.24) is 5.32 Å². The summed E-state index contributed by atoms with van der Waals surface area (Å²) in [6.07, 6.45) is 0.00401. The fourth-order valence-corrected chi connectivity index (χ4v) is 2.94. The molecule has 2 saturated heterocycles. The summed E-state index contributed by atoms with van der Waals surface area (Å²) in [6.45, 7) is 7.11. The van der Waals surface area contributed by atoms with E-state index >= 15 is 0 Å². The van der Waals surface area contributed by atoms with Gasteiger partial charge in [0.05, 0.1) is 24.8 Å². The van der Waals surface area contributed by atoms with E-state index in [0.29, 0.717) is 0 Å². The second-order valence-corrected chi connectivity index (χ2v) is 6.34. The van der Waals surface area contributed by atoms with Crippen molar-refractivity contribution in [2.24, 2.45) is 0 Å². The number of ketones is 1. The summed E-state index contributed by atoms with van der Waals surface area (Å²) in [5.74, 6) is -3.37. The molecule has 1 N–H and O–H groups in total. The highest BCUT2D eigenvalue weighted by atomic mass is 16.7. The van der Waals surface area contributed by atoms with Crippen LogP contribution in [0.1, 0.15) is 47.0 Å². The number of carbonyl (C=O) groups is 3. The van der Waals surface area contributed by atoms with Crippen LogP contribution in [0.15, 0.2) is 0 Å². The molecule has 6 nitrogen and oxygen atoms in total. The van der Waals surface area contributed by atoms with Gasteiger partial charge in [0.25, 0.3) is 0 Å². The predicted molar refractivity (Wildman–Crippen MR) is 65.1 cm³/mol. The molecule has 2 aliphatic rings. The first kappa shape index (κ1) is 14.0. The number of hydrogen-bond acceptors (Lipinski definition) is 6. The summed E-state index contributed by atoms with van der Waals surface area (Å²) in [7, 11) is 0. The number of rotatable bonds is 0. The number of piperidine rings is 1. The van der Waals surface area contributed by atoms with Gasteiger partial charge in [0, 0.05) is 5.54 Å². The van der Waals surface area contributed by atoms with Crippen LogP contribution in [0.2, 0.25) is 0 Å². The van der Waals surface area contributed by atoms with E-state index in [2.05, 4.69) is 5.32 Å². The van der Waals surface area contributed by atoms with Gasteiger partial charge in [-0.2, -0.15) is 0 Å². The molecule has 0 bridgehead atoms. The van der Waals surface area contributed by atoms with Gasteiger partial charge in [0.1, 0.15) is 0 Å². The lowest BCUT2D eigenvalue weighted by Crippen LogP contribution is -2.71. The predicted octanol–water partition coefficient (Wildman–Crippen LogP) is 0.682. The zero-order chi connectivity index (χ0) is 14.5. The highest BCUT2D eigenvalue weighted by Gasteiger charge is 2.60. The van der Waals surface area contributed by atoms with Gasteiger partial charge in [-0.25, -0.2) is 0 Å². The minimum Gasteiger partial charge on any atom is -0.415 e.